The second kappa shape index (κ2) is 6.02. The van der Waals surface area contributed by atoms with Crippen LogP contribution in [0.1, 0.15) is 26.2 Å². The molecule has 1 aliphatic heterocycles. The van der Waals surface area contributed by atoms with Crippen molar-refractivity contribution in [3.8, 4) is 0 Å². The van der Waals surface area contributed by atoms with E-state index >= 15 is 0 Å². The van der Waals surface area contributed by atoms with E-state index in [1.54, 1.807) is 7.05 Å². The molecule has 1 fully saturated rings. The zero-order chi connectivity index (χ0) is 13.9. The van der Waals surface area contributed by atoms with Crippen molar-refractivity contribution in [3.63, 3.8) is 0 Å². The number of hydrogen-bond donors (Lipinski definition) is 2. The van der Waals surface area contributed by atoms with Crippen LogP contribution in [0.2, 0.25) is 0 Å². The number of rotatable bonds is 5. The van der Waals surface area contributed by atoms with Crippen molar-refractivity contribution in [1.29, 1.82) is 0 Å². The summed E-state index contributed by atoms with van der Waals surface area (Å²) < 4.78 is 28.4. The van der Waals surface area contributed by atoms with Gasteiger partial charge in [0.15, 0.2) is 5.03 Å². The molecule has 6 nitrogen and oxygen atoms in total. The fourth-order valence-electron chi connectivity index (χ4n) is 2.65. The minimum absolute atomic E-state index is 0.205. The van der Waals surface area contributed by atoms with Gasteiger partial charge in [-0.05, 0) is 31.4 Å². The Morgan fingerprint density at radius 3 is 3.00 bits per heavy atom. The van der Waals surface area contributed by atoms with Crippen molar-refractivity contribution in [1.82, 2.24) is 19.8 Å². The van der Waals surface area contributed by atoms with Crippen LogP contribution < -0.4 is 10.0 Å². The van der Waals surface area contributed by atoms with E-state index in [4.69, 9.17) is 0 Å². The highest BCUT2D eigenvalue weighted by molar-refractivity contribution is 7.89. The van der Waals surface area contributed by atoms with Crippen LogP contribution in [0.15, 0.2) is 17.3 Å². The Labute approximate surface area is 114 Å². The summed E-state index contributed by atoms with van der Waals surface area (Å²) in [5.41, 5.74) is 0. The van der Waals surface area contributed by atoms with Gasteiger partial charge in [-0.15, -0.1) is 0 Å². The molecule has 0 bridgehead atoms. The summed E-state index contributed by atoms with van der Waals surface area (Å²) in [6, 6.07) is 1.73. The lowest BCUT2D eigenvalue weighted by Gasteiger charge is -2.32. The quantitative estimate of drug-likeness (QED) is 0.825. The first-order chi connectivity index (χ1) is 9.04. The zero-order valence-corrected chi connectivity index (χ0v) is 12.3. The molecule has 0 aliphatic carbocycles. The monoisotopic (exact) mass is 286 g/mol. The van der Waals surface area contributed by atoms with Gasteiger partial charge in [0.2, 0.25) is 0 Å². The van der Waals surface area contributed by atoms with E-state index in [1.807, 2.05) is 0 Å². The highest BCUT2D eigenvalue weighted by atomic mass is 32.2. The number of aromatic nitrogens is 2. The fourth-order valence-corrected chi connectivity index (χ4v) is 3.83. The molecule has 108 valence electrons. The van der Waals surface area contributed by atoms with Crippen LogP contribution in [-0.2, 0) is 17.1 Å². The molecule has 1 aromatic heterocycles. The Hall–Kier alpha value is -0.920. The Morgan fingerprint density at radius 2 is 2.37 bits per heavy atom. The van der Waals surface area contributed by atoms with Crippen molar-refractivity contribution in [2.75, 3.05) is 13.1 Å². The van der Waals surface area contributed by atoms with E-state index < -0.39 is 10.0 Å². The van der Waals surface area contributed by atoms with Crippen molar-refractivity contribution in [2.45, 2.75) is 37.3 Å². The molecule has 0 amide bonds. The number of sulfonamides is 1. The van der Waals surface area contributed by atoms with Crippen LogP contribution in [0.5, 0.6) is 0 Å². The van der Waals surface area contributed by atoms with Gasteiger partial charge in [-0.2, -0.15) is 5.10 Å². The van der Waals surface area contributed by atoms with Gasteiger partial charge >= 0.3 is 0 Å². The third kappa shape index (κ3) is 3.34. The maximum absolute atomic E-state index is 12.2. The van der Waals surface area contributed by atoms with Crippen LogP contribution in [0.25, 0.3) is 0 Å². The number of nitrogens with one attached hydrogen (secondary N) is 2. The van der Waals surface area contributed by atoms with E-state index in [0.29, 0.717) is 12.5 Å². The molecule has 19 heavy (non-hydrogen) atoms. The maximum Gasteiger partial charge on any atom is 0.257 e. The molecule has 0 aromatic carbocycles. The van der Waals surface area contributed by atoms with Crippen LogP contribution in [0.3, 0.4) is 0 Å². The smallest absolute Gasteiger partial charge is 0.257 e. The van der Waals surface area contributed by atoms with E-state index in [1.165, 1.54) is 29.8 Å². The topological polar surface area (TPSA) is 76.0 Å². The molecule has 2 rings (SSSR count). The first kappa shape index (κ1) is 14.5. The Morgan fingerprint density at radius 1 is 1.58 bits per heavy atom. The molecule has 2 N–H and O–H groups in total. The van der Waals surface area contributed by atoms with Gasteiger partial charge in [0.25, 0.3) is 10.0 Å². The van der Waals surface area contributed by atoms with Crippen molar-refractivity contribution >= 4 is 10.0 Å². The van der Waals surface area contributed by atoms with Gasteiger partial charge in [-0.3, -0.25) is 4.68 Å². The van der Waals surface area contributed by atoms with Gasteiger partial charge in [-0.1, -0.05) is 13.3 Å². The highest BCUT2D eigenvalue weighted by Gasteiger charge is 2.26. The SMILES string of the molecule is CCC1CCCNC1CNS(=O)(=O)c1ccnn1C. The molecule has 1 saturated heterocycles. The lowest BCUT2D eigenvalue weighted by Crippen LogP contribution is -2.48. The summed E-state index contributed by atoms with van der Waals surface area (Å²) in [6.45, 7) is 3.56. The summed E-state index contributed by atoms with van der Waals surface area (Å²) in [6.07, 6.45) is 4.90. The van der Waals surface area contributed by atoms with Gasteiger partial charge in [-0.25, -0.2) is 13.1 Å². The molecule has 2 atom stereocenters. The van der Waals surface area contributed by atoms with E-state index in [9.17, 15) is 8.42 Å². The largest absolute Gasteiger partial charge is 0.312 e. The van der Waals surface area contributed by atoms with Gasteiger partial charge in [0, 0.05) is 19.6 Å². The third-order valence-electron chi connectivity index (χ3n) is 3.80. The predicted molar refractivity (Wildman–Crippen MR) is 73.2 cm³/mol. The molecule has 0 radical (unpaired) electrons. The number of nitrogens with zero attached hydrogens (tertiary/aromatic N) is 2. The molecule has 0 saturated carbocycles. The molecule has 2 heterocycles. The summed E-state index contributed by atoms with van der Waals surface area (Å²) in [5, 5.41) is 7.50. The maximum atomic E-state index is 12.2. The summed E-state index contributed by atoms with van der Waals surface area (Å²) in [5.74, 6) is 0.544. The third-order valence-corrected chi connectivity index (χ3v) is 5.29. The highest BCUT2D eigenvalue weighted by Crippen LogP contribution is 2.19. The Bertz CT molecular complexity index is 512. The number of piperidine rings is 1. The van der Waals surface area contributed by atoms with E-state index in [2.05, 4.69) is 22.1 Å². The molecule has 1 aliphatic rings. The minimum Gasteiger partial charge on any atom is -0.312 e. The normalized spacial score (nSPS) is 24.5. The number of hydrogen-bond acceptors (Lipinski definition) is 4. The van der Waals surface area contributed by atoms with Crippen molar-refractivity contribution < 1.29 is 8.42 Å². The second-order valence-corrected chi connectivity index (χ2v) is 6.73. The first-order valence-electron chi connectivity index (χ1n) is 6.75. The average molecular weight is 286 g/mol. The minimum atomic E-state index is -3.47. The lowest BCUT2D eigenvalue weighted by molar-refractivity contribution is 0.273. The lowest BCUT2D eigenvalue weighted by atomic mass is 9.89. The van der Waals surface area contributed by atoms with Crippen LogP contribution >= 0.6 is 0 Å². The van der Waals surface area contributed by atoms with Crippen LogP contribution in [-0.4, -0.2) is 37.3 Å². The second-order valence-electron chi connectivity index (χ2n) is 5.02. The average Bonchev–Trinajstić information content (AvgIpc) is 2.84. The first-order valence-corrected chi connectivity index (χ1v) is 8.24. The molecule has 7 heteroatoms. The number of aryl methyl sites for hydroxylation is 1. The molecular weight excluding hydrogens is 264 g/mol. The standard InChI is InChI=1S/C12H22N4O2S/c1-3-10-5-4-7-13-11(10)9-15-19(17,18)12-6-8-14-16(12)2/h6,8,10-11,13,15H,3-5,7,9H2,1-2H3. The zero-order valence-electron chi connectivity index (χ0n) is 11.5. The molecule has 2 unspecified atom stereocenters. The van der Waals surface area contributed by atoms with Crippen LogP contribution in [0.4, 0.5) is 0 Å². The van der Waals surface area contributed by atoms with Gasteiger partial charge in [0.05, 0.1) is 6.20 Å². The summed E-state index contributed by atoms with van der Waals surface area (Å²) >= 11 is 0. The summed E-state index contributed by atoms with van der Waals surface area (Å²) in [7, 11) is -1.84. The molecular formula is C12H22N4O2S. The van der Waals surface area contributed by atoms with Gasteiger partial charge in [0.1, 0.15) is 0 Å². The molecule has 1 aromatic rings. The van der Waals surface area contributed by atoms with Crippen molar-refractivity contribution in [3.05, 3.63) is 12.3 Å². The van der Waals surface area contributed by atoms with Crippen molar-refractivity contribution in [2.24, 2.45) is 13.0 Å². The van der Waals surface area contributed by atoms with Gasteiger partial charge < -0.3 is 5.32 Å². The fraction of sp³-hybridized carbons (Fsp3) is 0.750. The predicted octanol–water partition coefficient (Wildman–Crippen LogP) is 0.477. The van der Waals surface area contributed by atoms with E-state index in [0.717, 1.165) is 13.0 Å². The Kier molecular flexibility index (Phi) is 4.59. The summed E-state index contributed by atoms with van der Waals surface area (Å²) in [4.78, 5) is 0. The Balaban J connectivity index is 2.00. The molecule has 0 spiro atoms. The van der Waals surface area contributed by atoms with E-state index in [-0.39, 0.29) is 11.1 Å². The van der Waals surface area contributed by atoms with Crippen LogP contribution in [0, 0.1) is 5.92 Å².